The van der Waals surface area contributed by atoms with Gasteiger partial charge in [0.25, 0.3) is 11.8 Å². The molecule has 6 nitrogen and oxygen atoms in total. The number of benzene rings is 2. The van der Waals surface area contributed by atoms with Gasteiger partial charge in [-0.15, -0.1) is 0 Å². The van der Waals surface area contributed by atoms with Gasteiger partial charge in [-0.2, -0.15) is 0 Å². The van der Waals surface area contributed by atoms with Crippen LogP contribution in [-0.2, 0) is 0 Å². The van der Waals surface area contributed by atoms with Gasteiger partial charge in [-0.3, -0.25) is 20.4 Å². The Morgan fingerprint density at radius 1 is 0.960 bits per heavy atom. The summed E-state index contributed by atoms with van der Waals surface area (Å²) in [6.45, 7) is 1.63. The molecule has 0 saturated heterocycles. The highest BCUT2D eigenvalue weighted by Gasteiger charge is 2.18. The number of hydrogen-bond donors (Lipinski definition) is 2. The molecular weight excluding hydrogens is 342 g/mol. The fourth-order valence-corrected chi connectivity index (χ4v) is 2.28. The van der Waals surface area contributed by atoms with Crippen LogP contribution in [0.15, 0.2) is 59.0 Å². The van der Waals surface area contributed by atoms with Gasteiger partial charge in [-0.05, 0) is 43.3 Å². The number of halogens is 1. The molecule has 0 fully saturated rings. The van der Waals surface area contributed by atoms with Gasteiger partial charge in [0, 0.05) is 16.1 Å². The highest BCUT2D eigenvalue weighted by molar-refractivity contribution is 6.30. The van der Waals surface area contributed by atoms with E-state index in [0.29, 0.717) is 22.2 Å². The molecule has 25 heavy (non-hydrogen) atoms. The Labute approximate surface area is 148 Å². The smallest absolute Gasteiger partial charge is 0.291 e. The van der Waals surface area contributed by atoms with Crippen LogP contribution < -0.4 is 10.9 Å². The third kappa shape index (κ3) is 3.87. The molecule has 2 N–H and O–H groups in total. The third-order valence-corrected chi connectivity index (χ3v) is 3.68. The monoisotopic (exact) mass is 355 g/mol. The number of hydrazine groups is 1. The van der Waals surface area contributed by atoms with E-state index in [1.54, 1.807) is 31.2 Å². The van der Waals surface area contributed by atoms with Crippen molar-refractivity contribution in [3.63, 3.8) is 0 Å². The van der Waals surface area contributed by atoms with E-state index in [4.69, 9.17) is 16.0 Å². The van der Waals surface area contributed by atoms with Crippen LogP contribution in [0.1, 0.15) is 26.6 Å². The van der Waals surface area contributed by atoms with E-state index < -0.39 is 11.8 Å². The summed E-state index contributed by atoms with van der Waals surface area (Å²) >= 11 is 5.77. The lowest BCUT2D eigenvalue weighted by Crippen LogP contribution is -2.42. The number of aryl methyl sites for hydroxylation is 1. The van der Waals surface area contributed by atoms with Crippen molar-refractivity contribution in [2.24, 2.45) is 0 Å². The Morgan fingerprint density at radius 3 is 2.28 bits per heavy atom. The van der Waals surface area contributed by atoms with Gasteiger partial charge in [-0.25, -0.2) is 4.98 Å². The van der Waals surface area contributed by atoms with Gasteiger partial charge in [-0.1, -0.05) is 29.8 Å². The summed E-state index contributed by atoms with van der Waals surface area (Å²) in [5.74, 6) is -0.329. The lowest BCUT2D eigenvalue weighted by Gasteiger charge is -2.06. The molecule has 3 aromatic rings. The Hall–Kier alpha value is -3.12. The SMILES string of the molecule is Cc1oc(-c2ccccc2)nc1C(=O)NNC(=O)c1ccc(Cl)cc1. The zero-order chi connectivity index (χ0) is 17.8. The van der Waals surface area contributed by atoms with E-state index in [9.17, 15) is 9.59 Å². The topological polar surface area (TPSA) is 84.2 Å². The Balaban J connectivity index is 1.68. The van der Waals surface area contributed by atoms with Gasteiger partial charge in [0.2, 0.25) is 5.89 Å². The van der Waals surface area contributed by atoms with Crippen molar-refractivity contribution in [1.29, 1.82) is 0 Å². The molecule has 0 bridgehead atoms. The first kappa shape index (κ1) is 16.7. The molecule has 2 amide bonds. The van der Waals surface area contributed by atoms with E-state index in [2.05, 4.69) is 15.8 Å². The number of rotatable bonds is 3. The largest absolute Gasteiger partial charge is 0.441 e. The lowest BCUT2D eigenvalue weighted by atomic mass is 10.2. The minimum atomic E-state index is -0.564. The Morgan fingerprint density at radius 2 is 1.60 bits per heavy atom. The van der Waals surface area contributed by atoms with Crippen LogP contribution in [-0.4, -0.2) is 16.8 Å². The van der Waals surface area contributed by atoms with Gasteiger partial charge >= 0.3 is 0 Å². The predicted octanol–water partition coefficient (Wildman–Crippen LogP) is 3.38. The van der Waals surface area contributed by atoms with Crippen molar-refractivity contribution in [2.75, 3.05) is 0 Å². The Bertz CT molecular complexity index is 905. The van der Waals surface area contributed by atoms with Crippen molar-refractivity contribution in [3.8, 4) is 11.5 Å². The Kier molecular flexibility index (Phi) is 4.81. The van der Waals surface area contributed by atoms with Gasteiger partial charge in [0.15, 0.2) is 5.69 Å². The average Bonchev–Trinajstić information content (AvgIpc) is 3.02. The van der Waals surface area contributed by atoms with Gasteiger partial charge in [0.1, 0.15) is 5.76 Å². The van der Waals surface area contributed by atoms with Crippen LogP contribution in [0.3, 0.4) is 0 Å². The lowest BCUT2D eigenvalue weighted by molar-refractivity contribution is 0.0843. The predicted molar refractivity (Wildman–Crippen MR) is 93.1 cm³/mol. The third-order valence-electron chi connectivity index (χ3n) is 3.43. The number of aromatic nitrogens is 1. The number of oxazole rings is 1. The number of amides is 2. The first-order chi connectivity index (χ1) is 12.0. The summed E-state index contributed by atoms with van der Waals surface area (Å²) in [6, 6.07) is 15.5. The second kappa shape index (κ2) is 7.19. The molecule has 7 heteroatoms. The summed E-state index contributed by atoms with van der Waals surface area (Å²) in [5, 5.41) is 0.521. The molecule has 0 radical (unpaired) electrons. The molecule has 1 heterocycles. The minimum absolute atomic E-state index is 0.107. The summed E-state index contributed by atoms with van der Waals surface area (Å²) in [4.78, 5) is 28.4. The van der Waals surface area contributed by atoms with Gasteiger partial charge < -0.3 is 4.42 Å². The van der Waals surface area contributed by atoms with Crippen molar-refractivity contribution in [3.05, 3.63) is 76.6 Å². The molecule has 0 aliphatic carbocycles. The normalized spacial score (nSPS) is 10.3. The molecule has 2 aromatic carbocycles. The summed E-state index contributed by atoms with van der Waals surface area (Å²) in [5.41, 5.74) is 5.89. The van der Waals surface area contributed by atoms with E-state index in [1.807, 2.05) is 30.3 Å². The quantitative estimate of drug-likeness (QED) is 0.705. The summed E-state index contributed by atoms with van der Waals surface area (Å²) in [7, 11) is 0. The molecular formula is C18H14ClN3O3. The molecule has 0 aliphatic heterocycles. The molecule has 0 spiro atoms. The molecule has 0 aliphatic rings. The number of nitrogens with zero attached hydrogens (tertiary/aromatic N) is 1. The highest BCUT2D eigenvalue weighted by Crippen LogP contribution is 2.21. The van der Waals surface area contributed by atoms with E-state index in [0.717, 1.165) is 5.56 Å². The van der Waals surface area contributed by atoms with E-state index in [1.165, 1.54) is 0 Å². The van der Waals surface area contributed by atoms with Crippen molar-refractivity contribution >= 4 is 23.4 Å². The van der Waals surface area contributed by atoms with Crippen LogP contribution in [0.2, 0.25) is 5.02 Å². The molecule has 3 rings (SSSR count). The maximum Gasteiger partial charge on any atom is 0.291 e. The number of carbonyl (C=O) groups is 2. The van der Waals surface area contributed by atoms with Crippen LogP contribution in [0.25, 0.3) is 11.5 Å². The molecule has 0 unspecified atom stereocenters. The zero-order valence-corrected chi connectivity index (χ0v) is 14.0. The maximum atomic E-state index is 12.2. The number of carbonyl (C=O) groups excluding carboxylic acids is 2. The van der Waals surface area contributed by atoms with E-state index >= 15 is 0 Å². The van der Waals surface area contributed by atoms with Crippen molar-refractivity contribution in [1.82, 2.24) is 15.8 Å². The van der Waals surface area contributed by atoms with Crippen LogP contribution in [0, 0.1) is 6.92 Å². The fraction of sp³-hybridized carbons (Fsp3) is 0.0556. The molecule has 0 saturated carbocycles. The molecule has 126 valence electrons. The second-order valence-electron chi connectivity index (χ2n) is 5.20. The molecule has 1 aromatic heterocycles. The highest BCUT2D eigenvalue weighted by atomic mass is 35.5. The van der Waals surface area contributed by atoms with Crippen LogP contribution >= 0.6 is 11.6 Å². The van der Waals surface area contributed by atoms with Crippen molar-refractivity contribution < 1.29 is 14.0 Å². The number of nitrogens with one attached hydrogen (secondary N) is 2. The standard InChI is InChI=1S/C18H14ClN3O3/c1-11-15(20-18(25-11)13-5-3-2-4-6-13)17(24)22-21-16(23)12-7-9-14(19)10-8-12/h2-10H,1H3,(H,21,23)(H,22,24). The zero-order valence-electron chi connectivity index (χ0n) is 13.2. The van der Waals surface area contributed by atoms with Crippen LogP contribution in [0.5, 0.6) is 0 Å². The first-order valence-corrected chi connectivity index (χ1v) is 7.81. The summed E-state index contributed by atoms with van der Waals surface area (Å²) < 4.78 is 5.53. The first-order valence-electron chi connectivity index (χ1n) is 7.43. The minimum Gasteiger partial charge on any atom is -0.441 e. The van der Waals surface area contributed by atoms with Crippen LogP contribution in [0.4, 0.5) is 0 Å². The summed E-state index contributed by atoms with van der Waals surface area (Å²) in [6.07, 6.45) is 0. The fourth-order valence-electron chi connectivity index (χ4n) is 2.16. The van der Waals surface area contributed by atoms with Gasteiger partial charge in [0.05, 0.1) is 0 Å². The molecule has 0 atom stereocenters. The van der Waals surface area contributed by atoms with E-state index in [-0.39, 0.29) is 5.69 Å². The second-order valence-corrected chi connectivity index (χ2v) is 5.64. The van der Waals surface area contributed by atoms with Crippen molar-refractivity contribution in [2.45, 2.75) is 6.92 Å². The maximum absolute atomic E-state index is 12.2. The number of hydrogen-bond acceptors (Lipinski definition) is 4. The average molecular weight is 356 g/mol.